The number of aromatic nitrogens is 3. The van der Waals surface area contributed by atoms with Crippen molar-refractivity contribution < 1.29 is 4.74 Å². The monoisotopic (exact) mass is 249 g/mol. The molecule has 0 aromatic carbocycles. The number of hydrogen-bond donors (Lipinski definition) is 1. The quantitative estimate of drug-likeness (QED) is 0.790. The van der Waals surface area contributed by atoms with E-state index in [1.54, 1.807) is 0 Å². The topological polar surface area (TPSA) is 42.8 Å². The molecule has 0 spiro atoms. The van der Waals surface area contributed by atoms with Crippen molar-refractivity contribution in [2.75, 3.05) is 13.2 Å². The van der Waals surface area contributed by atoms with Gasteiger partial charge in [-0.15, -0.1) is 0 Å². The van der Waals surface area contributed by atoms with Crippen LogP contribution in [0.25, 0.3) is 11.2 Å². The second-order valence-corrected chi connectivity index (χ2v) is 5.28. The Labute approximate surface area is 105 Å². The van der Waals surface area contributed by atoms with Crippen LogP contribution < -0.4 is 0 Å². The first-order chi connectivity index (χ1) is 8.10. The molecule has 1 unspecified atom stereocenters. The van der Waals surface area contributed by atoms with Crippen LogP contribution in [0.2, 0.25) is 0 Å². The highest BCUT2D eigenvalue weighted by molar-refractivity contribution is 7.71. The van der Waals surface area contributed by atoms with Crippen LogP contribution in [0.5, 0.6) is 0 Å². The van der Waals surface area contributed by atoms with E-state index < -0.39 is 0 Å². The third-order valence-corrected chi connectivity index (χ3v) is 3.69. The molecule has 2 aromatic rings. The number of ether oxygens (including phenoxy) is 1. The average molecular weight is 249 g/mol. The summed E-state index contributed by atoms with van der Waals surface area (Å²) in [5, 5.41) is 0. The van der Waals surface area contributed by atoms with E-state index in [2.05, 4.69) is 21.5 Å². The summed E-state index contributed by atoms with van der Waals surface area (Å²) in [5.41, 5.74) is 2.86. The Balaban J connectivity index is 2.31. The smallest absolute Gasteiger partial charge is 0.179 e. The Morgan fingerprint density at radius 1 is 1.53 bits per heavy atom. The standard InChI is InChI=1S/C12H15N3OS/c1-8-3-4-9-10(13-8)15(11(17)14-9)12(2)5-6-16-7-12/h3-4H,5-7H2,1-2H3,(H,14,17). The van der Waals surface area contributed by atoms with Crippen LogP contribution in [0, 0.1) is 11.7 Å². The second kappa shape index (κ2) is 3.65. The number of aromatic amines is 1. The predicted molar refractivity (Wildman–Crippen MR) is 68.7 cm³/mol. The van der Waals surface area contributed by atoms with E-state index in [9.17, 15) is 0 Å². The highest BCUT2D eigenvalue weighted by Gasteiger charge is 2.34. The zero-order chi connectivity index (χ0) is 12.0. The van der Waals surface area contributed by atoms with Crippen LogP contribution in [0.15, 0.2) is 12.1 Å². The van der Waals surface area contributed by atoms with E-state index in [0.29, 0.717) is 6.61 Å². The lowest BCUT2D eigenvalue weighted by molar-refractivity contribution is 0.162. The van der Waals surface area contributed by atoms with Gasteiger partial charge in [-0.05, 0) is 44.6 Å². The van der Waals surface area contributed by atoms with Crippen molar-refractivity contribution in [3.05, 3.63) is 22.6 Å². The van der Waals surface area contributed by atoms with Crippen molar-refractivity contribution in [1.29, 1.82) is 0 Å². The maximum atomic E-state index is 5.51. The molecule has 1 aliphatic rings. The highest BCUT2D eigenvalue weighted by Crippen LogP contribution is 2.30. The van der Waals surface area contributed by atoms with Gasteiger partial charge in [0, 0.05) is 12.3 Å². The molecule has 1 aliphatic heterocycles. The van der Waals surface area contributed by atoms with E-state index in [0.717, 1.165) is 34.7 Å². The Morgan fingerprint density at radius 2 is 2.35 bits per heavy atom. The molecule has 5 heteroatoms. The molecule has 0 saturated carbocycles. The summed E-state index contributed by atoms with van der Waals surface area (Å²) in [6.45, 7) is 5.65. The van der Waals surface area contributed by atoms with Crippen molar-refractivity contribution in [2.24, 2.45) is 0 Å². The van der Waals surface area contributed by atoms with E-state index in [-0.39, 0.29) is 5.54 Å². The maximum absolute atomic E-state index is 5.51. The molecule has 1 saturated heterocycles. The van der Waals surface area contributed by atoms with Gasteiger partial charge >= 0.3 is 0 Å². The van der Waals surface area contributed by atoms with Crippen LogP contribution in [0.3, 0.4) is 0 Å². The summed E-state index contributed by atoms with van der Waals surface area (Å²) in [6, 6.07) is 4.02. The summed E-state index contributed by atoms with van der Waals surface area (Å²) < 4.78 is 8.35. The van der Waals surface area contributed by atoms with E-state index in [4.69, 9.17) is 17.0 Å². The molecule has 1 N–H and O–H groups in total. The normalized spacial score (nSPS) is 24.6. The summed E-state index contributed by atoms with van der Waals surface area (Å²) in [7, 11) is 0. The van der Waals surface area contributed by atoms with Crippen LogP contribution in [-0.2, 0) is 10.3 Å². The van der Waals surface area contributed by atoms with Crippen molar-refractivity contribution >= 4 is 23.4 Å². The van der Waals surface area contributed by atoms with Crippen LogP contribution in [0.1, 0.15) is 19.0 Å². The summed E-state index contributed by atoms with van der Waals surface area (Å²) >= 11 is 5.42. The van der Waals surface area contributed by atoms with Gasteiger partial charge in [0.05, 0.1) is 17.7 Å². The first kappa shape index (κ1) is 10.9. The predicted octanol–water partition coefficient (Wildman–Crippen LogP) is 2.54. The largest absolute Gasteiger partial charge is 0.379 e. The Morgan fingerprint density at radius 3 is 3.06 bits per heavy atom. The number of nitrogens with one attached hydrogen (secondary N) is 1. The lowest BCUT2D eigenvalue weighted by Gasteiger charge is -2.24. The summed E-state index contributed by atoms with van der Waals surface area (Å²) in [6.07, 6.45) is 0.976. The molecular formula is C12H15N3OS. The molecule has 0 bridgehead atoms. The molecule has 3 heterocycles. The minimum Gasteiger partial charge on any atom is -0.379 e. The van der Waals surface area contributed by atoms with Gasteiger partial charge < -0.3 is 9.72 Å². The maximum Gasteiger partial charge on any atom is 0.179 e. The minimum absolute atomic E-state index is 0.0733. The summed E-state index contributed by atoms with van der Waals surface area (Å²) in [5.74, 6) is 0. The number of H-pyrrole nitrogens is 1. The molecule has 2 aromatic heterocycles. The molecule has 3 rings (SSSR count). The Hall–Kier alpha value is -1.20. The van der Waals surface area contributed by atoms with E-state index in [1.807, 2.05) is 19.1 Å². The fourth-order valence-electron chi connectivity index (χ4n) is 2.41. The van der Waals surface area contributed by atoms with Gasteiger partial charge in [-0.25, -0.2) is 4.98 Å². The molecule has 4 nitrogen and oxygen atoms in total. The molecule has 90 valence electrons. The van der Waals surface area contributed by atoms with Gasteiger partial charge in [0.15, 0.2) is 10.4 Å². The molecule has 17 heavy (non-hydrogen) atoms. The van der Waals surface area contributed by atoms with Gasteiger partial charge in [-0.2, -0.15) is 0 Å². The number of imidazole rings is 1. The molecular weight excluding hydrogens is 234 g/mol. The Bertz CT molecular complexity index is 622. The second-order valence-electron chi connectivity index (χ2n) is 4.89. The van der Waals surface area contributed by atoms with Crippen molar-refractivity contribution in [2.45, 2.75) is 25.8 Å². The lowest BCUT2D eigenvalue weighted by atomic mass is 10.0. The molecule has 0 amide bonds. The van der Waals surface area contributed by atoms with E-state index in [1.165, 1.54) is 0 Å². The molecule has 0 radical (unpaired) electrons. The average Bonchev–Trinajstić information content (AvgIpc) is 2.82. The van der Waals surface area contributed by atoms with Gasteiger partial charge in [-0.3, -0.25) is 4.57 Å². The van der Waals surface area contributed by atoms with Gasteiger partial charge in [0.25, 0.3) is 0 Å². The zero-order valence-electron chi connectivity index (χ0n) is 9.99. The van der Waals surface area contributed by atoms with Gasteiger partial charge in [0.1, 0.15) is 0 Å². The summed E-state index contributed by atoms with van der Waals surface area (Å²) in [4.78, 5) is 7.81. The molecule has 1 fully saturated rings. The molecule has 0 aliphatic carbocycles. The number of nitrogens with zero attached hydrogens (tertiary/aromatic N) is 2. The van der Waals surface area contributed by atoms with E-state index >= 15 is 0 Å². The number of hydrogen-bond acceptors (Lipinski definition) is 3. The number of fused-ring (bicyclic) bond motifs is 1. The van der Waals surface area contributed by atoms with Gasteiger partial charge in [0.2, 0.25) is 0 Å². The van der Waals surface area contributed by atoms with Crippen molar-refractivity contribution in [3.8, 4) is 0 Å². The van der Waals surface area contributed by atoms with Crippen molar-refractivity contribution in [1.82, 2.24) is 14.5 Å². The minimum atomic E-state index is -0.0733. The van der Waals surface area contributed by atoms with Gasteiger partial charge in [-0.1, -0.05) is 0 Å². The number of pyridine rings is 1. The number of aryl methyl sites for hydroxylation is 1. The van der Waals surface area contributed by atoms with Crippen LogP contribution in [-0.4, -0.2) is 27.7 Å². The third-order valence-electron chi connectivity index (χ3n) is 3.41. The Kier molecular flexibility index (Phi) is 2.34. The zero-order valence-corrected chi connectivity index (χ0v) is 10.8. The number of rotatable bonds is 1. The van der Waals surface area contributed by atoms with Crippen molar-refractivity contribution in [3.63, 3.8) is 0 Å². The third kappa shape index (κ3) is 1.61. The van der Waals surface area contributed by atoms with Crippen LogP contribution in [0.4, 0.5) is 0 Å². The van der Waals surface area contributed by atoms with Crippen LogP contribution >= 0.6 is 12.2 Å². The highest BCUT2D eigenvalue weighted by atomic mass is 32.1. The lowest BCUT2D eigenvalue weighted by Crippen LogP contribution is -2.30. The fraction of sp³-hybridized carbons (Fsp3) is 0.500. The fourth-order valence-corrected chi connectivity index (χ4v) is 2.83. The first-order valence-electron chi connectivity index (χ1n) is 5.77. The molecule has 1 atom stereocenters. The first-order valence-corrected chi connectivity index (χ1v) is 6.18. The SMILES string of the molecule is Cc1ccc2[nH]c(=S)n(C3(C)CCOC3)c2n1.